The highest BCUT2D eigenvalue weighted by molar-refractivity contribution is 6.17. The third kappa shape index (κ3) is 4.87. The van der Waals surface area contributed by atoms with E-state index in [0.717, 1.165) is 5.56 Å². The van der Waals surface area contributed by atoms with Crippen molar-refractivity contribution >= 4 is 23.4 Å². The molecule has 2 amide bonds. The Morgan fingerprint density at radius 2 is 1.94 bits per heavy atom. The number of carbonyl (C=O) groups excluding carboxylic acids is 2. The van der Waals surface area contributed by atoms with E-state index in [1.54, 1.807) is 18.2 Å². The SMILES string of the molecule is CC(=O)NCCNC(=O)c1cccc(CCl)c1. The van der Waals surface area contributed by atoms with Crippen LogP contribution >= 0.6 is 11.6 Å². The number of carbonyl (C=O) groups is 2. The Hall–Kier alpha value is -1.55. The molecule has 0 unspecified atom stereocenters. The fourth-order valence-electron chi connectivity index (χ4n) is 1.31. The molecule has 0 spiro atoms. The summed E-state index contributed by atoms with van der Waals surface area (Å²) in [6.07, 6.45) is 0. The molecule has 2 N–H and O–H groups in total. The van der Waals surface area contributed by atoms with Gasteiger partial charge in [-0.1, -0.05) is 12.1 Å². The predicted molar refractivity (Wildman–Crippen MR) is 67.0 cm³/mol. The number of hydrogen-bond donors (Lipinski definition) is 2. The van der Waals surface area contributed by atoms with Gasteiger partial charge in [0.1, 0.15) is 0 Å². The lowest BCUT2D eigenvalue weighted by Gasteiger charge is -2.06. The van der Waals surface area contributed by atoms with Gasteiger partial charge in [-0.3, -0.25) is 9.59 Å². The van der Waals surface area contributed by atoms with Crippen molar-refractivity contribution in [3.63, 3.8) is 0 Å². The summed E-state index contributed by atoms with van der Waals surface area (Å²) in [5.74, 6) is 0.109. The minimum Gasteiger partial charge on any atom is -0.355 e. The fraction of sp³-hybridized carbons (Fsp3) is 0.333. The van der Waals surface area contributed by atoms with Crippen LogP contribution in [0.4, 0.5) is 0 Å². The molecule has 0 heterocycles. The van der Waals surface area contributed by atoms with Crippen LogP contribution in [0.1, 0.15) is 22.8 Å². The molecule has 1 aromatic carbocycles. The zero-order chi connectivity index (χ0) is 12.7. The first-order valence-corrected chi connectivity index (χ1v) is 5.84. The van der Waals surface area contributed by atoms with E-state index in [0.29, 0.717) is 24.5 Å². The number of hydrogen-bond acceptors (Lipinski definition) is 2. The van der Waals surface area contributed by atoms with Crippen LogP contribution < -0.4 is 10.6 Å². The average molecular weight is 255 g/mol. The Labute approximate surface area is 105 Å². The summed E-state index contributed by atoms with van der Waals surface area (Å²) in [7, 11) is 0. The van der Waals surface area contributed by atoms with Gasteiger partial charge < -0.3 is 10.6 Å². The van der Waals surface area contributed by atoms with Gasteiger partial charge in [0.25, 0.3) is 5.91 Å². The van der Waals surface area contributed by atoms with E-state index in [1.165, 1.54) is 6.92 Å². The zero-order valence-electron chi connectivity index (χ0n) is 9.63. The molecule has 0 saturated heterocycles. The van der Waals surface area contributed by atoms with Gasteiger partial charge in [-0.25, -0.2) is 0 Å². The van der Waals surface area contributed by atoms with Crippen LogP contribution in [0.2, 0.25) is 0 Å². The molecule has 0 bridgehead atoms. The van der Waals surface area contributed by atoms with Crippen molar-refractivity contribution in [2.75, 3.05) is 13.1 Å². The topological polar surface area (TPSA) is 58.2 Å². The maximum atomic E-state index is 11.7. The van der Waals surface area contributed by atoms with Crippen LogP contribution in [0.25, 0.3) is 0 Å². The highest BCUT2D eigenvalue weighted by Crippen LogP contribution is 2.07. The van der Waals surface area contributed by atoms with Gasteiger partial charge in [0.15, 0.2) is 0 Å². The Morgan fingerprint density at radius 1 is 1.24 bits per heavy atom. The molecule has 92 valence electrons. The van der Waals surface area contributed by atoms with Gasteiger partial charge in [0.2, 0.25) is 5.91 Å². The molecule has 17 heavy (non-hydrogen) atoms. The zero-order valence-corrected chi connectivity index (χ0v) is 10.4. The van der Waals surface area contributed by atoms with Gasteiger partial charge in [-0.2, -0.15) is 0 Å². The Morgan fingerprint density at radius 3 is 2.59 bits per heavy atom. The number of amides is 2. The summed E-state index contributed by atoms with van der Waals surface area (Å²) < 4.78 is 0. The summed E-state index contributed by atoms with van der Waals surface area (Å²) in [6, 6.07) is 7.13. The molecular weight excluding hydrogens is 240 g/mol. The first kappa shape index (κ1) is 13.5. The molecule has 0 aliphatic rings. The summed E-state index contributed by atoms with van der Waals surface area (Å²) in [5.41, 5.74) is 1.48. The number of nitrogens with one attached hydrogen (secondary N) is 2. The van der Waals surface area contributed by atoms with E-state index in [-0.39, 0.29) is 11.8 Å². The fourth-order valence-corrected chi connectivity index (χ4v) is 1.48. The third-order valence-corrected chi connectivity index (χ3v) is 2.44. The van der Waals surface area contributed by atoms with Gasteiger partial charge in [0.05, 0.1) is 0 Å². The number of benzene rings is 1. The Bertz CT molecular complexity index is 407. The van der Waals surface area contributed by atoms with Crippen molar-refractivity contribution in [3.05, 3.63) is 35.4 Å². The Kier molecular flexibility index (Phi) is 5.49. The lowest BCUT2D eigenvalue weighted by Crippen LogP contribution is -2.33. The number of alkyl halides is 1. The van der Waals surface area contributed by atoms with Crippen LogP contribution in [-0.2, 0) is 10.7 Å². The molecule has 1 rings (SSSR count). The second-order valence-electron chi connectivity index (χ2n) is 3.57. The lowest BCUT2D eigenvalue weighted by molar-refractivity contribution is -0.118. The van der Waals surface area contributed by atoms with Crippen molar-refractivity contribution in [2.24, 2.45) is 0 Å². The van der Waals surface area contributed by atoms with E-state index in [1.807, 2.05) is 6.07 Å². The van der Waals surface area contributed by atoms with Gasteiger partial charge in [0, 0.05) is 31.5 Å². The van der Waals surface area contributed by atoms with Crippen LogP contribution in [0.3, 0.4) is 0 Å². The van der Waals surface area contributed by atoms with Crippen molar-refractivity contribution in [3.8, 4) is 0 Å². The summed E-state index contributed by atoms with van der Waals surface area (Å²) >= 11 is 5.69. The normalized spacial score (nSPS) is 9.76. The molecule has 0 aliphatic carbocycles. The highest BCUT2D eigenvalue weighted by Gasteiger charge is 2.04. The van der Waals surface area contributed by atoms with Gasteiger partial charge >= 0.3 is 0 Å². The second kappa shape index (κ2) is 6.91. The minimum atomic E-state index is -0.165. The highest BCUT2D eigenvalue weighted by atomic mass is 35.5. The van der Waals surface area contributed by atoms with Crippen LogP contribution in [0.15, 0.2) is 24.3 Å². The third-order valence-electron chi connectivity index (χ3n) is 2.13. The second-order valence-corrected chi connectivity index (χ2v) is 3.84. The minimum absolute atomic E-state index is 0.108. The lowest BCUT2D eigenvalue weighted by atomic mass is 10.1. The standard InChI is InChI=1S/C12H15ClN2O2/c1-9(16)14-5-6-15-12(17)11-4-2-3-10(7-11)8-13/h2-4,7H,5-6,8H2,1H3,(H,14,16)(H,15,17). The maximum absolute atomic E-state index is 11.7. The van der Waals surface area contributed by atoms with E-state index in [9.17, 15) is 9.59 Å². The molecule has 0 aliphatic heterocycles. The molecule has 1 aromatic rings. The molecule has 0 atom stereocenters. The van der Waals surface area contributed by atoms with Gasteiger partial charge in [-0.15, -0.1) is 11.6 Å². The monoisotopic (exact) mass is 254 g/mol. The van der Waals surface area contributed by atoms with Gasteiger partial charge in [-0.05, 0) is 17.7 Å². The molecule has 0 radical (unpaired) electrons. The van der Waals surface area contributed by atoms with Crippen molar-refractivity contribution in [2.45, 2.75) is 12.8 Å². The maximum Gasteiger partial charge on any atom is 0.251 e. The summed E-state index contributed by atoms with van der Waals surface area (Å²) in [6.45, 7) is 2.27. The van der Waals surface area contributed by atoms with Crippen LogP contribution in [0.5, 0.6) is 0 Å². The first-order valence-electron chi connectivity index (χ1n) is 5.31. The average Bonchev–Trinajstić information content (AvgIpc) is 2.34. The molecular formula is C12H15ClN2O2. The number of halogens is 1. The summed E-state index contributed by atoms with van der Waals surface area (Å²) in [4.78, 5) is 22.3. The quantitative estimate of drug-likeness (QED) is 0.615. The Balaban J connectivity index is 2.43. The van der Waals surface area contributed by atoms with E-state index in [2.05, 4.69) is 10.6 Å². The van der Waals surface area contributed by atoms with Crippen LogP contribution in [-0.4, -0.2) is 24.9 Å². The van der Waals surface area contributed by atoms with Crippen molar-refractivity contribution in [1.29, 1.82) is 0 Å². The largest absolute Gasteiger partial charge is 0.355 e. The van der Waals surface area contributed by atoms with E-state index >= 15 is 0 Å². The first-order chi connectivity index (χ1) is 8.13. The molecule has 0 fully saturated rings. The smallest absolute Gasteiger partial charge is 0.251 e. The number of rotatable bonds is 5. The molecule has 4 nitrogen and oxygen atoms in total. The van der Waals surface area contributed by atoms with E-state index < -0.39 is 0 Å². The predicted octanol–water partition coefficient (Wildman–Crippen LogP) is 1.29. The molecule has 5 heteroatoms. The molecule has 0 aromatic heterocycles. The van der Waals surface area contributed by atoms with E-state index in [4.69, 9.17) is 11.6 Å². The summed E-state index contributed by atoms with van der Waals surface area (Å²) in [5, 5.41) is 5.31. The van der Waals surface area contributed by atoms with Crippen LogP contribution in [0, 0.1) is 0 Å². The van der Waals surface area contributed by atoms with Crippen molar-refractivity contribution in [1.82, 2.24) is 10.6 Å². The molecule has 0 saturated carbocycles. The van der Waals surface area contributed by atoms with Crippen molar-refractivity contribution < 1.29 is 9.59 Å².